The Hall–Kier alpha value is 0.1000. The molecular formula is C12H19BrN2S. The summed E-state index contributed by atoms with van der Waals surface area (Å²) in [7, 11) is 2.19. The van der Waals surface area contributed by atoms with Crippen molar-refractivity contribution in [2.24, 2.45) is 11.7 Å². The maximum Gasteiger partial charge on any atom is 0.0588 e. The van der Waals surface area contributed by atoms with Gasteiger partial charge in [0.2, 0.25) is 0 Å². The first kappa shape index (κ1) is 12.6. The molecule has 2 N–H and O–H groups in total. The fourth-order valence-corrected chi connectivity index (χ4v) is 3.91. The molecule has 1 heterocycles. The zero-order chi connectivity index (χ0) is 11.7. The van der Waals surface area contributed by atoms with Crippen molar-refractivity contribution < 1.29 is 0 Å². The van der Waals surface area contributed by atoms with Crippen LogP contribution in [0.3, 0.4) is 0 Å². The number of nitrogens with zero attached hydrogens (tertiary/aromatic N) is 1. The molecule has 0 amide bonds. The van der Waals surface area contributed by atoms with Crippen molar-refractivity contribution >= 4 is 27.3 Å². The molecule has 4 heteroatoms. The van der Waals surface area contributed by atoms with Gasteiger partial charge in [-0.2, -0.15) is 0 Å². The fraction of sp³-hybridized carbons (Fsp3) is 0.667. The lowest BCUT2D eigenvalue weighted by Crippen LogP contribution is -2.37. The number of hydrogen-bond donors (Lipinski definition) is 1. The van der Waals surface area contributed by atoms with Gasteiger partial charge in [0.05, 0.1) is 6.04 Å². The molecule has 2 atom stereocenters. The van der Waals surface area contributed by atoms with Crippen LogP contribution in [0.5, 0.6) is 0 Å². The van der Waals surface area contributed by atoms with Gasteiger partial charge in [-0.1, -0.05) is 0 Å². The molecule has 2 unspecified atom stereocenters. The summed E-state index contributed by atoms with van der Waals surface area (Å²) in [6.45, 7) is 3.28. The lowest BCUT2D eigenvalue weighted by molar-refractivity contribution is 0.214. The Morgan fingerprint density at radius 3 is 2.75 bits per heavy atom. The standard InChI is InChI=1S/C12H19BrN2S/c1-8(14)12(11-5-10(13)7-16-11)15(2)6-9-3-4-9/h5,7-9,12H,3-4,6,14H2,1-2H3. The van der Waals surface area contributed by atoms with Crippen LogP contribution in [-0.2, 0) is 0 Å². The monoisotopic (exact) mass is 302 g/mol. The molecule has 16 heavy (non-hydrogen) atoms. The molecule has 0 aliphatic heterocycles. The van der Waals surface area contributed by atoms with Gasteiger partial charge in [0.1, 0.15) is 0 Å². The van der Waals surface area contributed by atoms with Gasteiger partial charge in [-0.05, 0) is 54.7 Å². The molecule has 1 saturated carbocycles. The minimum Gasteiger partial charge on any atom is -0.326 e. The Morgan fingerprint density at radius 2 is 2.31 bits per heavy atom. The SMILES string of the molecule is CC(N)C(c1cc(Br)cs1)N(C)CC1CC1. The van der Waals surface area contributed by atoms with Gasteiger partial charge < -0.3 is 5.73 Å². The number of thiophene rings is 1. The summed E-state index contributed by atoms with van der Waals surface area (Å²) in [5.41, 5.74) is 6.12. The van der Waals surface area contributed by atoms with Gasteiger partial charge in [-0.15, -0.1) is 11.3 Å². The Labute approximate surface area is 110 Å². The lowest BCUT2D eigenvalue weighted by Gasteiger charge is -2.30. The highest BCUT2D eigenvalue weighted by atomic mass is 79.9. The molecule has 2 nitrogen and oxygen atoms in total. The minimum atomic E-state index is 0.175. The average molecular weight is 303 g/mol. The van der Waals surface area contributed by atoms with E-state index < -0.39 is 0 Å². The van der Waals surface area contributed by atoms with E-state index in [2.05, 4.69) is 46.2 Å². The predicted octanol–water partition coefficient (Wildman–Crippen LogP) is 3.24. The topological polar surface area (TPSA) is 29.3 Å². The summed E-state index contributed by atoms with van der Waals surface area (Å²) in [6.07, 6.45) is 2.79. The second-order valence-corrected chi connectivity index (χ2v) is 6.71. The molecule has 0 saturated heterocycles. The van der Waals surface area contributed by atoms with Crippen LogP contribution in [0.4, 0.5) is 0 Å². The summed E-state index contributed by atoms with van der Waals surface area (Å²) in [5, 5.41) is 2.13. The van der Waals surface area contributed by atoms with Gasteiger partial charge in [0, 0.05) is 27.3 Å². The molecule has 0 radical (unpaired) electrons. The van der Waals surface area contributed by atoms with Crippen molar-refractivity contribution in [1.29, 1.82) is 0 Å². The zero-order valence-electron chi connectivity index (χ0n) is 9.82. The van der Waals surface area contributed by atoms with Gasteiger partial charge in [0.25, 0.3) is 0 Å². The largest absolute Gasteiger partial charge is 0.326 e. The number of hydrogen-bond acceptors (Lipinski definition) is 3. The van der Waals surface area contributed by atoms with E-state index in [1.54, 1.807) is 11.3 Å². The molecule has 1 aromatic heterocycles. The van der Waals surface area contributed by atoms with E-state index in [-0.39, 0.29) is 6.04 Å². The van der Waals surface area contributed by atoms with Gasteiger partial charge in [0.15, 0.2) is 0 Å². The normalized spacial score (nSPS) is 20.1. The second-order valence-electron chi connectivity index (χ2n) is 4.85. The highest BCUT2D eigenvalue weighted by molar-refractivity contribution is 9.10. The van der Waals surface area contributed by atoms with Gasteiger partial charge in [-0.25, -0.2) is 0 Å². The predicted molar refractivity (Wildman–Crippen MR) is 73.8 cm³/mol. The molecule has 1 aliphatic rings. The number of rotatable bonds is 5. The van der Waals surface area contributed by atoms with Crippen LogP contribution in [0.25, 0.3) is 0 Å². The average Bonchev–Trinajstić information content (AvgIpc) is 2.89. The fourth-order valence-electron chi connectivity index (χ4n) is 2.18. The maximum absolute atomic E-state index is 6.12. The highest BCUT2D eigenvalue weighted by Gasteiger charge is 2.29. The molecular weight excluding hydrogens is 284 g/mol. The molecule has 0 spiro atoms. The minimum absolute atomic E-state index is 0.175. The molecule has 1 fully saturated rings. The van der Waals surface area contributed by atoms with E-state index >= 15 is 0 Å². The molecule has 1 aromatic rings. The van der Waals surface area contributed by atoms with E-state index in [0.29, 0.717) is 6.04 Å². The van der Waals surface area contributed by atoms with Crippen molar-refractivity contribution in [2.75, 3.05) is 13.6 Å². The number of likely N-dealkylation sites (N-methyl/N-ethyl adjacent to an activating group) is 1. The number of halogens is 1. The third-order valence-electron chi connectivity index (χ3n) is 3.10. The Bertz CT molecular complexity index is 347. The van der Waals surface area contributed by atoms with E-state index in [9.17, 15) is 0 Å². The summed E-state index contributed by atoms with van der Waals surface area (Å²) in [6, 6.07) is 2.73. The quantitative estimate of drug-likeness (QED) is 0.905. The first-order valence-corrected chi connectivity index (χ1v) is 7.45. The van der Waals surface area contributed by atoms with Gasteiger partial charge in [-0.3, -0.25) is 4.90 Å². The van der Waals surface area contributed by atoms with Crippen LogP contribution in [0.15, 0.2) is 15.9 Å². The van der Waals surface area contributed by atoms with Crippen LogP contribution in [0, 0.1) is 5.92 Å². The zero-order valence-corrected chi connectivity index (χ0v) is 12.2. The molecule has 90 valence electrons. The maximum atomic E-state index is 6.12. The highest BCUT2D eigenvalue weighted by Crippen LogP contribution is 2.35. The van der Waals surface area contributed by atoms with Crippen LogP contribution in [0.2, 0.25) is 0 Å². The van der Waals surface area contributed by atoms with Crippen molar-refractivity contribution in [2.45, 2.75) is 31.8 Å². The van der Waals surface area contributed by atoms with Crippen LogP contribution < -0.4 is 5.73 Å². The lowest BCUT2D eigenvalue weighted by atomic mass is 10.1. The Kier molecular flexibility index (Phi) is 4.06. The molecule has 1 aliphatic carbocycles. The number of nitrogens with two attached hydrogens (primary N) is 1. The van der Waals surface area contributed by atoms with Crippen molar-refractivity contribution in [1.82, 2.24) is 4.90 Å². The van der Waals surface area contributed by atoms with E-state index in [1.807, 2.05) is 0 Å². The van der Waals surface area contributed by atoms with Crippen molar-refractivity contribution in [3.63, 3.8) is 0 Å². The van der Waals surface area contributed by atoms with Crippen molar-refractivity contribution in [3.05, 3.63) is 20.8 Å². The van der Waals surface area contributed by atoms with E-state index in [0.717, 1.165) is 10.4 Å². The van der Waals surface area contributed by atoms with E-state index in [4.69, 9.17) is 5.73 Å². The molecule has 0 aromatic carbocycles. The van der Waals surface area contributed by atoms with Gasteiger partial charge >= 0.3 is 0 Å². The Balaban J connectivity index is 2.08. The summed E-state index contributed by atoms with van der Waals surface area (Å²) in [4.78, 5) is 3.78. The summed E-state index contributed by atoms with van der Waals surface area (Å²) >= 11 is 5.31. The van der Waals surface area contributed by atoms with Crippen molar-refractivity contribution in [3.8, 4) is 0 Å². The van der Waals surface area contributed by atoms with E-state index in [1.165, 1.54) is 24.3 Å². The third-order valence-corrected chi connectivity index (χ3v) is 4.86. The first-order chi connectivity index (χ1) is 7.58. The molecule has 0 bridgehead atoms. The molecule has 2 rings (SSSR count). The second kappa shape index (κ2) is 5.17. The van der Waals surface area contributed by atoms with Crippen LogP contribution in [0.1, 0.15) is 30.7 Å². The third kappa shape index (κ3) is 3.06. The smallest absolute Gasteiger partial charge is 0.0588 e. The summed E-state index contributed by atoms with van der Waals surface area (Å²) in [5.74, 6) is 0.912. The van der Waals surface area contributed by atoms with Crippen LogP contribution in [-0.4, -0.2) is 24.5 Å². The Morgan fingerprint density at radius 1 is 1.62 bits per heavy atom. The first-order valence-electron chi connectivity index (χ1n) is 5.77. The summed E-state index contributed by atoms with van der Waals surface area (Å²) < 4.78 is 1.16. The van der Waals surface area contributed by atoms with Crippen LogP contribution >= 0.6 is 27.3 Å².